The number of phenols is 1. The summed E-state index contributed by atoms with van der Waals surface area (Å²) >= 11 is 0. The van der Waals surface area contributed by atoms with Crippen LogP contribution in [0.4, 0.5) is 0 Å². The Bertz CT molecular complexity index is 1070. The third-order valence-electron chi connectivity index (χ3n) is 5.42. The Morgan fingerprint density at radius 2 is 1.96 bits per heavy atom. The van der Waals surface area contributed by atoms with E-state index >= 15 is 0 Å². The number of carbonyl (C=O) groups is 1. The van der Waals surface area contributed by atoms with Crippen molar-refractivity contribution >= 4 is 5.97 Å². The molecule has 0 radical (unpaired) electrons. The third-order valence-corrected chi connectivity index (χ3v) is 5.42. The molecule has 142 valence electrons. The molecule has 0 aliphatic heterocycles. The predicted octanol–water partition coefficient (Wildman–Crippen LogP) is 4.94. The number of aryl methyl sites for hydroxylation is 2. The van der Waals surface area contributed by atoms with Crippen molar-refractivity contribution in [3.63, 3.8) is 0 Å². The van der Waals surface area contributed by atoms with Gasteiger partial charge in [0, 0.05) is 30.2 Å². The molecule has 2 aromatic carbocycles. The smallest absolute Gasteiger partial charge is 0.302 e. The van der Waals surface area contributed by atoms with Crippen molar-refractivity contribution in [2.24, 2.45) is 0 Å². The van der Waals surface area contributed by atoms with E-state index in [0.29, 0.717) is 6.61 Å². The normalized spacial score (nSPS) is 14.9. The second-order valence-electron chi connectivity index (χ2n) is 7.44. The lowest BCUT2D eigenvalue weighted by Crippen LogP contribution is -2.20. The minimum absolute atomic E-state index is 0.00976. The van der Waals surface area contributed by atoms with Crippen LogP contribution in [-0.4, -0.2) is 22.7 Å². The number of hydrogen-bond donors (Lipinski definition) is 1. The van der Waals surface area contributed by atoms with E-state index in [1.807, 2.05) is 31.3 Å². The van der Waals surface area contributed by atoms with Crippen LogP contribution in [0.25, 0.3) is 22.4 Å². The first-order chi connectivity index (χ1) is 13.5. The lowest BCUT2D eigenvalue weighted by molar-refractivity contribution is -0.141. The van der Waals surface area contributed by atoms with E-state index < -0.39 is 0 Å². The van der Waals surface area contributed by atoms with Crippen molar-refractivity contribution in [3.8, 4) is 28.1 Å². The molecule has 4 rings (SSSR count). The Hall–Kier alpha value is -3.14. The topological polar surface area (TPSA) is 59.4 Å². The Morgan fingerprint density at radius 3 is 2.71 bits per heavy atom. The summed E-state index contributed by atoms with van der Waals surface area (Å²) in [6, 6.07) is 13.8. The minimum Gasteiger partial charge on any atom is -0.507 e. The van der Waals surface area contributed by atoms with Gasteiger partial charge < -0.3 is 9.84 Å². The van der Waals surface area contributed by atoms with Gasteiger partial charge in [0.05, 0.1) is 12.3 Å². The highest BCUT2D eigenvalue weighted by molar-refractivity contribution is 5.85. The maximum absolute atomic E-state index is 11.4. The fraction of sp³-hybridized carbons (Fsp3) is 0.250. The van der Waals surface area contributed by atoms with Gasteiger partial charge in [0.15, 0.2) is 0 Å². The first-order valence-corrected chi connectivity index (χ1v) is 9.47. The van der Waals surface area contributed by atoms with Crippen molar-refractivity contribution in [1.29, 1.82) is 0 Å². The lowest BCUT2D eigenvalue weighted by atomic mass is 9.75. The first-order valence-electron chi connectivity index (χ1n) is 9.47. The molecular weight excluding hydrogens is 350 g/mol. The molecule has 3 aromatic rings. The maximum atomic E-state index is 11.4. The molecule has 4 heteroatoms. The molecule has 4 nitrogen and oxygen atoms in total. The number of benzene rings is 2. The number of aromatic nitrogens is 1. The van der Waals surface area contributed by atoms with Gasteiger partial charge in [0.2, 0.25) is 0 Å². The standard InChI is InChI=1S/C24H23NO3/c1-14-9-10-25-21(11-14)18-5-4-6-19-20(18)12-17(13-28-16(3)26)23-15(2)7-8-22(27)24(19)23/h4-11,17,27H,12-13H2,1-3H3. The number of pyridine rings is 1. The predicted molar refractivity (Wildman–Crippen MR) is 109 cm³/mol. The van der Waals surface area contributed by atoms with Crippen molar-refractivity contribution in [2.45, 2.75) is 33.1 Å². The molecule has 0 bridgehead atoms. The van der Waals surface area contributed by atoms with E-state index in [1.54, 1.807) is 6.07 Å². The van der Waals surface area contributed by atoms with Crippen LogP contribution in [-0.2, 0) is 16.0 Å². The molecule has 0 spiro atoms. The molecule has 1 aliphatic carbocycles. The van der Waals surface area contributed by atoms with Gasteiger partial charge in [-0.3, -0.25) is 9.78 Å². The zero-order valence-electron chi connectivity index (χ0n) is 16.3. The highest BCUT2D eigenvalue weighted by Crippen LogP contribution is 2.48. The van der Waals surface area contributed by atoms with Crippen molar-refractivity contribution in [3.05, 3.63) is 70.9 Å². The van der Waals surface area contributed by atoms with Gasteiger partial charge in [-0.15, -0.1) is 0 Å². The van der Waals surface area contributed by atoms with Gasteiger partial charge in [-0.2, -0.15) is 0 Å². The van der Waals surface area contributed by atoms with Gasteiger partial charge in [0.25, 0.3) is 0 Å². The van der Waals surface area contributed by atoms with Crippen molar-refractivity contribution < 1.29 is 14.6 Å². The molecule has 0 fully saturated rings. The summed E-state index contributed by atoms with van der Waals surface area (Å²) in [7, 11) is 0. The van der Waals surface area contributed by atoms with E-state index in [0.717, 1.165) is 51.1 Å². The second kappa shape index (κ2) is 7.12. The molecule has 1 atom stereocenters. The highest BCUT2D eigenvalue weighted by Gasteiger charge is 2.31. The number of rotatable bonds is 3. The molecule has 28 heavy (non-hydrogen) atoms. The Morgan fingerprint density at radius 1 is 1.18 bits per heavy atom. The second-order valence-corrected chi connectivity index (χ2v) is 7.44. The number of phenolic OH excluding ortho intramolecular Hbond substituents is 1. The quantitative estimate of drug-likeness (QED) is 0.661. The summed E-state index contributed by atoms with van der Waals surface area (Å²) in [6.45, 7) is 5.81. The Balaban J connectivity index is 1.93. The van der Waals surface area contributed by atoms with Gasteiger partial charge in [-0.25, -0.2) is 0 Å². The van der Waals surface area contributed by atoms with Crippen LogP contribution in [0.15, 0.2) is 48.7 Å². The number of ether oxygens (including phenoxy) is 1. The van der Waals surface area contributed by atoms with E-state index in [2.05, 4.69) is 30.1 Å². The average Bonchev–Trinajstić information content (AvgIpc) is 2.68. The van der Waals surface area contributed by atoms with Crippen LogP contribution in [0.5, 0.6) is 5.75 Å². The molecule has 0 amide bonds. The zero-order chi connectivity index (χ0) is 19.8. The molecule has 1 aromatic heterocycles. The van der Waals surface area contributed by atoms with E-state index in [9.17, 15) is 9.90 Å². The number of nitrogens with zero attached hydrogens (tertiary/aromatic N) is 1. The van der Waals surface area contributed by atoms with Crippen LogP contribution in [0.3, 0.4) is 0 Å². The van der Waals surface area contributed by atoms with E-state index in [-0.39, 0.29) is 17.6 Å². The molecular formula is C24H23NO3. The van der Waals surface area contributed by atoms with Crippen LogP contribution >= 0.6 is 0 Å². The number of aromatic hydroxyl groups is 1. The largest absolute Gasteiger partial charge is 0.507 e. The van der Waals surface area contributed by atoms with Crippen molar-refractivity contribution in [2.75, 3.05) is 6.61 Å². The monoisotopic (exact) mass is 373 g/mol. The summed E-state index contributed by atoms with van der Waals surface area (Å²) in [6.07, 6.45) is 2.55. The maximum Gasteiger partial charge on any atom is 0.302 e. The molecule has 1 aliphatic rings. The SMILES string of the molecule is CC(=O)OCC1Cc2c(-c3cc(C)ccn3)cccc2-c2c(O)ccc(C)c21. The van der Waals surface area contributed by atoms with Gasteiger partial charge in [0.1, 0.15) is 5.75 Å². The van der Waals surface area contributed by atoms with Crippen LogP contribution < -0.4 is 0 Å². The molecule has 1 heterocycles. The molecule has 1 unspecified atom stereocenters. The Kier molecular flexibility index (Phi) is 4.63. The van der Waals surface area contributed by atoms with Crippen LogP contribution in [0, 0.1) is 13.8 Å². The lowest BCUT2D eigenvalue weighted by Gasteiger charge is -2.31. The fourth-order valence-electron chi connectivity index (χ4n) is 4.19. The number of esters is 1. The third kappa shape index (κ3) is 3.15. The van der Waals surface area contributed by atoms with Crippen LogP contribution in [0.2, 0.25) is 0 Å². The number of hydrogen-bond acceptors (Lipinski definition) is 4. The van der Waals surface area contributed by atoms with E-state index in [4.69, 9.17) is 4.74 Å². The van der Waals surface area contributed by atoms with E-state index in [1.165, 1.54) is 6.92 Å². The zero-order valence-corrected chi connectivity index (χ0v) is 16.3. The van der Waals surface area contributed by atoms with Gasteiger partial charge >= 0.3 is 5.97 Å². The number of carbonyl (C=O) groups excluding carboxylic acids is 1. The first kappa shape index (κ1) is 18.2. The summed E-state index contributed by atoms with van der Waals surface area (Å²) in [4.78, 5) is 16.0. The minimum atomic E-state index is -0.293. The van der Waals surface area contributed by atoms with Crippen molar-refractivity contribution in [1.82, 2.24) is 4.98 Å². The Labute approximate surface area is 164 Å². The summed E-state index contributed by atoms with van der Waals surface area (Å²) in [5.74, 6) is -0.0491. The van der Waals surface area contributed by atoms with Gasteiger partial charge in [-0.05, 0) is 66.3 Å². The fourth-order valence-corrected chi connectivity index (χ4v) is 4.19. The molecule has 0 saturated carbocycles. The average molecular weight is 373 g/mol. The summed E-state index contributed by atoms with van der Waals surface area (Å²) in [5, 5.41) is 10.7. The van der Waals surface area contributed by atoms with Gasteiger partial charge in [-0.1, -0.05) is 24.3 Å². The highest BCUT2D eigenvalue weighted by atomic mass is 16.5. The number of fused-ring (bicyclic) bond motifs is 3. The summed E-state index contributed by atoms with van der Waals surface area (Å²) < 4.78 is 5.38. The summed E-state index contributed by atoms with van der Waals surface area (Å²) in [5.41, 5.74) is 8.26. The molecule has 0 saturated heterocycles. The van der Waals surface area contributed by atoms with Crippen LogP contribution in [0.1, 0.15) is 35.1 Å². The molecule has 1 N–H and O–H groups in total.